The molecule has 84 valence electrons. The SMILES string of the molecule is Cc1c(C2CCCC2)c(CCN)nn1C. The van der Waals surface area contributed by atoms with Crippen molar-refractivity contribution in [3.63, 3.8) is 0 Å². The fraction of sp³-hybridized carbons (Fsp3) is 0.750. The van der Waals surface area contributed by atoms with Gasteiger partial charge in [0.1, 0.15) is 0 Å². The van der Waals surface area contributed by atoms with E-state index in [1.165, 1.54) is 42.6 Å². The number of nitrogens with two attached hydrogens (primary N) is 1. The molecule has 2 N–H and O–H groups in total. The number of aryl methyl sites for hydroxylation is 1. The lowest BCUT2D eigenvalue weighted by molar-refractivity contribution is 0.700. The van der Waals surface area contributed by atoms with Crippen molar-refractivity contribution in [3.8, 4) is 0 Å². The van der Waals surface area contributed by atoms with E-state index in [9.17, 15) is 0 Å². The average Bonchev–Trinajstić information content (AvgIpc) is 2.78. The number of rotatable bonds is 3. The molecule has 0 unspecified atom stereocenters. The topological polar surface area (TPSA) is 43.8 Å². The zero-order chi connectivity index (χ0) is 10.8. The smallest absolute Gasteiger partial charge is 0.0674 e. The molecule has 1 fully saturated rings. The van der Waals surface area contributed by atoms with Gasteiger partial charge in [0.2, 0.25) is 0 Å². The molecule has 0 amide bonds. The normalized spacial score (nSPS) is 17.5. The Bertz CT molecular complexity index is 335. The lowest BCUT2D eigenvalue weighted by atomic mass is 9.94. The van der Waals surface area contributed by atoms with Gasteiger partial charge in [0, 0.05) is 19.2 Å². The number of hydrogen-bond donors (Lipinski definition) is 1. The van der Waals surface area contributed by atoms with Crippen LogP contribution in [0.5, 0.6) is 0 Å². The monoisotopic (exact) mass is 207 g/mol. The summed E-state index contributed by atoms with van der Waals surface area (Å²) in [5.41, 5.74) is 9.72. The fourth-order valence-electron chi connectivity index (χ4n) is 2.76. The van der Waals surface area contributed by atoms with Crippen LogP contribution < -0.4 is 5.73 Å². The minimum absolute atomic E-state index is 0.705. The van der Waals surface area contributed by atoms with E-state index < -0.39 is 0 Å². The van der Waals surface area contributed by atoms with Crippen LogP contribution in [0, 0.1) is 6.92 Å². The van der Waals surface area contributed by atoms with Crippen molar-refractivity contribution in [2.75, 3.05) is 6.54 Å². The summed E-state index contributed by atoms with van der Waals surface area (Å²) in [6.07, 6.45) is 6.35. The zero-order valence-electron chi connectivity index (χ0n) is 9.79. The molecular formula is C12H21N3. The second-order valence-corrected chi connectivity index (χ2v) is 4.59. The van der Waals surface area contributed by atoms with Crippen molar-refractivity contribution >= 4 is 0 Å². The second-order valence-electron chi connectivity index (χ2n) is 4.59. The molecule has 1 saturated carbocycles. The Morgan fingerprint density at radius 2 is 2.07 bits per heavy atom. The van der Waals surface area contributed by atoms with E-state index in [0.29, 0.717) is 6.54 Å². The summed E-state index contributed by atoms with van der Waals surface area (Å²) >= 11 is 0. The van der Waals surface area contributed by atoms with E-state index in [-0.39, 0.29) is 0 Å². The maximum Gasteiger partial charge on any atom is 0.0674 e. The quantitative estimate of drug-likeness (QED) is 0.822. The highest BCUT2D eigenvalue weighted by Crippen LogP contribution is 2.37. The van der Waals surface area contributed by atoms with Crippen LogP contribution in [0.25, 0.3) is 0 Å². The standard InChI is InChI=1S/C12H21N3/c1-9-12(10-5-3-4-6-10)11(7-8-13)14-15(9)2/h10H,3-8,13H2,1-2H3. The molecular weight excluding hydrogens is 186 g/mol. The highest BCUT2D eigenvalue weighted by atomic mass is 15.3. The molecule has 3 heteroatoms. The average molecular weight is 207 g/mol. The molecule has 1 heterocycles. The van der Waals surface area contributed by atoms with Gasteiger partial charge in [-0.15, -0.1) is 0 Å². The molecule has 1 aromatic heterocycles. The summed E-state index contributed by atoms with van der Waals surface area (Å²) in [4.78, 5) is 0. The Morgan fingerprint density at radius 3 is 2.67 bits per heavy atom. The Hall–Kier alpha value is -0.830. The van der Waals surface area contributed by atoms with Crippen LogP contribution in [0.3, 0.4) is 0 Å². The van der Waals surface area contributed by atoms with Gasteiger partial charge in [0.15, 0.2) is 0 Å². The maximum absolute atomic E-state index is 5.64. The first kappa shape index (κ1) is 10.7. The van der Waals surface area contributed by atoms with Crippen LogP contribution in [-0.2, 0) is 13.5 Å². The Balaban J connectivity index is 2.33. The van der Waals surface area contributed by atoms with Gasteiger partial charge in [0.25, 0.3) is 0 Å². The fourth-order valence-corrected chi connectivity index (χ4v) is 2.76. The predicted molar refractivity (Wildman–Crippen MR) is 61.9 cm³/mol. The molecule has 0 bridgehead atoms. The Labute approximate surface area is 91.7 Å². The lowest BCUT2D eigenvalue weighted by Crippen LogP contribution is -2.06. The first-order valence-electron chi connectivity index (χ1n) is 5.96. The summed E-state index contributed by atoms with van der Waals surface area (Å²) in [5.74, 6) is 0.750. The number of aromatic nitrogens is 2. The van der Waals surface area contributed by atoms with Gasteiger partial charge in [-0.1, -0.05) is 12.8 Å². The van der Waals surface area contributed by atoms with Gasteiger partial charge in [0.05, 0.1) is 5.69 Å². The van der Waals surface area contributed by atoms with Crippen LogP contribution in [0.4, 0.5) is 0 Å². The highest BCUT2D eigenvalue weighted by Gasteiger charge is 2.24. The highest BCUT2D eigenvalue weighted by molar-refractivity contribution is 5.30. The maximum atomic E-state index is 5.64. The van der Waals surface area contributed by atoms with Crippen LogP contribution in [0.2, 0.25) is 0 Å². The number of nitrogens with zero attached hydrogens (tertiary/aromatic N) is 2. The van der Waals surface area contributed by atoms with Crippen LogP contribution in [-0.4, -0.2) is 16.3 Å². The largest absolute Gasteiger partial charge is 0.330 e. The van der Waals surface area contributed by atoms with Gasteiger partial charge in [-0.05, 0) is 37.8 Å². The summed E-state index contributed by atoms with van der Waals surface area (Å²) < 4.78 is 2.01. The molecule has 0 radical (unpaired) electrons. The van der Waals surface area contributed by atoms with Gasteiger partial charge in [-0.25, -0.2) is 0 Å². The predicted octanol–water partition coefficient (Wildman–Crippen LogP) is 1.89. The number of hydrogen-bond acceptors (Lipinski definition) is 2. The summed E-state index contributed by atoms with van der Waals surface area (Å²) in [7, 11) is 2.04. The zero-order valence-corrected chi connectivity index (χ0v) is 9.79. The molecule has 0 saturated heterocycles. The molecule has 2 rings (SSSR count). The van der Waals surface area contributed by atoms with Crippen molar-refractivity contribution in [2.24, 2.45) is 12.8 Å². The van der Waals surface area contributed by atoms with Gasteiger partial charge in [-0.3, -0.25) is 4.68 Å². The molecule has 0 atom stereocenters. The van der Waals surface area contributed by atoms with Crippen molar-refractivity contribution in [1.82, 2.24) is 9.78 Å². The molecule has 1 aliphatic carbocycles. The van der Waals surface area contributed by atoms with E-state index in [1.54, 1.807) is 0 Å². The van der Waals surface area contributed by atoms with E-state index in [0.717, 1.165) is 12.3 Å². The third-order valence-corrected chi connectivity index (χ3v) is 3.60. The van der Waals surface area contributed by atoms with Crippen LogP contribution >= 0.6 is 0 Å². The Kier molecular flexibility index (Phi) is 3.10. The Morgan fingerprint density at radius 1 is 1.40 bits per heavy atom. The first-order chi connectivity index (χ1) is 7.24. The third-order valence-electron chi connectivity index (χ3n) is 3.60. The minimum Gasteiger partial charge on any atom is -0.330 e. The summed E-state index contributed by atoms with van der Waals surface area (Å²) in [6, 6.07) is 0. The van der Waals surface area contributed by atoms with Crippen molar-refractivity contribution in [1.29, 1.82) is 0 Å². The van der Waals surface area contributed by atoms with Crippen LogP contribution in [0.15, 0.2) is 0 Å². The molecule has 3 nitrogen and oxygen atoms in total. The second kappa shape index (κ2) is 4.35. The first-order valence-corrected chi connectivity index (χ1v) is 5.96. The molecule has 0 aromatic carbocycles. The van der Waals surface area contributed by atoms with Crippen molar-refractivity contribution < 1.29 is 0 Å². The molecule has 0 spiro atoms. The van der Waals surface area contributed by atoms with Crippen molar-refractivity contribution in [3.05, 3.63) is 17.0 Å². The third kappa shape index (κ3) is 1.93. The van der Waals surface area contributed by atoms with E-state index >= 15 is 0 Å². The van der Waals surface area contributed by atoms with Gasteiger partial charge in [-0.2, -0.15) is 5.10 Å². The molecule has 1 aromatic rings. The molecule has 0 aliphatic heterocycles. The van der Waals surface area contributed by atoms with E-state index in [2.05, 4.69) is 12.0 Å². The van der Waals surface area contributed by atoms with E-state index in [4.69, 9.17) is 5.73 Å². The van der Waals surface area contributed by atoms with Gasteiger partial charge >= 0.3 is 0 Å². The van der Waals surface area contributed by atoms with Gasteiger partial charge < -0.3 is 5.73 Å². The molecule has 1 aliphatic rings. The van der Waals surface area contributed by atoms with Crippen LogP contribution in [0.1, 0.15) is 48.6 Å². The lowest BCUT2D eigenvalue weighted by Gasteiger charge is -2.10. The summed E-state index contributed by atoms with van der Waals surface area (Å²) in [5, 5.41) is 4.58. The van der Waals surface area contributed by atoms with Crippen molar-refractivity contribution in [2.45, 2.75) is 44.9 Å². The van der Waals surface area contributed by atoms with E-state index in [1.807, 2.05) is 11.7 Å². The molecule has 15 heavy (non-hydrogen) atoms. The summed E-state index contributed by atoms with van der Waals surface area (Å²) in [6.45, 7) is 2.89. The minimum atomic E-state index is 0.705.